The van der Waals surface area contributed by atoms with E-state index in [0.29, 0.717) is 19.6 Å². The summed E-state index contributed by atoms with van der Waals surface area (Å²) in [7, 11) is 1.98. The van der Waals surface area contributed by atoms with Gasteiger partial charge in [-0.2, -0.15) is 0 Å². The van der Waals surface area contributed by atoms with Gasteiger partial charge in [-0.25, -0.2) is 0 Å². The third-order valence-electron chi connectivity index (χ3n) is 5.85. The van der Waals surface area contributed by atoms with E-state index in [9.17, 15) is 9.59 Å². The summed E-state index contributed by atoms with van der Waals surface area (Å²) >= 11 is 0. The Morgan fingerprint density at radius 1 is 0.889 bits per heavy atom. The number of nitrogens with zero attached hydrogens (tertiary/aromatic N) is 4. The number of hydrogen-bond donors (Lipinski definition) is 0. The minimum Gasteiger partial charge on any atom is -0.350 e. The van der Waals surface area contributed by atoms with Crippen LogP contribution in [-0.2, 0) is 11.8 Å². The Morgan fingerprint density at radius 3 is 2.33 bits per heavy atom. The first kappa shape index (κ1) is 18.0. The van der Waals surface area contributed by atoms with E-state index in [1.165, 1.54) is 6.42 Å². The molecule has 2 aliphatic rings. The lowest BCUT2D eigenvalue weighted by Gasteiger charge is -2.36. The number of aromatic nitrogens is 1. The van der Waals surface area contributed by atoms with Gasteiger partial charge in [0.15, 0.2) is 0 Å². The second kappa shape index (κ2) is 7.72. The predicted octanol–water partition coefficient (Wildman–Crippen LogP) is 1.95. The molecule has 6 nitrogen and oxygen atoms in total. The number of aryl methyl sites for hydroxylation is 1. The normalized spacial score (nSPS) is 18.9. The molecule has 2 aromatic rings. The van der Waals surface area contributed by atoms with Gasteiger partial charge in [0, 0.05) is 63.4 Å². The van der Waals surface area contributed by atoms with Crippen LogP contribution in [-0.4, -0.2) is 76.9 Å². The molecule has 2 saturated heterocycles. The number of para-hydroxylation sites is 1. The lowest BCUT2D eigenvalue weighted by molar-refractivity contribution is -0.133. The van der Waals surface area contributed by atoms with Crippen molar-refractivity contribution < 1.29 is 9.59 Å². The fourth-order valence-corrected chi connectivity index (χ4v) is 4.23. The highest BCUT2D eigenvalue weighted by Crippen LogP contribution is 2.22. The third-order valence-corrected chi connectivity index (χ3v) is 5.85. The molecule has 3 heterocycles. The average Bonchev–Trinajstić information content (AvgIpc) is 3.06. The molecule has 0 saturated carbocycles. The molecule has 0 radical (unpaired) electrons. The fraction of sp³-hybridized carbons (Fsp3) is 0.524. The summed E-state index contributed by atoms with van der Waals surface area (Å²) in [6, 6.07) is 8.02. The van der Waals surface area contributed by atoms with Crippen LogP contribution in [0.5, 0.6) is 0 Å². The van der Waals surface area contributed by atoms with Crippen LogP contribution in [0.2, 0.25) is 0 Å². The molecule has 27 heavy (non-hydrogen) atoms. The van der Waals surface area contributed by atoms with Gasteiger partial charge in [0.2, 0.25) is 5.91 Å². The van der Waals surface area contributed by atoms with Crippen molar-refractivity contribution in [3.05, 3.63) is 36.0 Å². The van der Waals surface area contributed by atoms with Crippen molar-refractivity contribution in [1.82, 2.24) is 19.3 Å². The Kier molecular flexibility index (Phi) is 5.16. The van der Waals surface area contributed by atoms with E-state index < -0.39 is 0 Å². The molecule has 0 bridgehead atoms. The van der Waals surface area contributed by atoms with E-state index in [1.54, 1.807) is 0 Å². The smallest absolute Gasteiger partial charge is 0.256 e. The van der Waals surface area contributed by atoms with Crippen molar-refractivity contribution in [2.75, 3.05) is 45.8 Å². The summed E-state index contributed by atoms with van der Waals surface area (Å²) in [4.78, 5) is 31.6. The zero-order valence-corrected chi connectivity index (χ0v) is 16.1. The monoisotopic (exact) mass is 368 g/mol. The summed E-state index contributed by atoms with van der Waals surface area (Å²) < 4.78 is 2.01. The number of hydrogen-bond acceptors (Lipinski definition) is 3. The van der Waals surface area contributed by atoms with Crippen molar-refractivity contribution in [3.63, 3.8) is 0 Å². The number of carbonyl (C=O) groups excluding carboxylic acids is 2. The van der Waals surface area contributed by atoms with Gasteiger partial charge in [-0.3, -0.25) is 14.5 Å². The van der Waals surface area contributed by atoms with E-state index >= 15 is 0 Å². The van der Waals surface area contributed by atoms with Crippen LogP contribution >= 0.6 is 0 Å². The van der Waals surface area contributed by atoms with Crippen molar-refractivity contribution in [2.45, 2.75) is 19.3 Å². The third kappa shape index (κ3) is 3.72. The predicted molar refractivity (Wildman–Crippen MR) is 106 cm³/mol. The first-order chi connectivity index (χ1) is 13.1. The molecule has 2 aliphatic heterocycles. The Bertz CT molecular complexity index is 830. The molecule has 0 atom stereocenters. The van der Waals surface area contributed by atoms with Gasteiger partial charge < -0.3 is 14.4 Å². The van der Waals surface area contributed by atoms with Crippen LogP contribution in [0, 0.1) is 0 Å². The SMILES string of the molecule is Cn1cc(C(=O)N2CCN(CC(=O)N3CCCCC3)CC2)c2ccccc21. The molecule has 2 fully saturated rings. The minimum atomic E-state index is 0.0915. The molecule has 1 aromatic carbocycles. The Hall–Kier alpha value is -2.34. The highest BCUT2D eigenvalue weighted by Gasteiger charge is 2.26. The number of fused-ring (bicyclic) bond motifs is 1. The maximum absolute atomic E-state index is 13.0. The van der Waals surface area contributed by atoms with Crippen LogP contribution in [0.3, 0.4) is 0 Å². The highest BCUT2D eigenvalue weighted by atomic mass is 16.2. The molecule has 0 spiro atoms. The number of rotatable bonds is 3. The number of carbonyl (C=O) groups is 2. The van der Waals surface area contributed by atoms with Crippen molar-refractivity contribution in [2.24, 2.45) is 7.05 Å². The maximum atomic E-state index is 13.0. The Balaban J connectivity index is 1.36. The molecule has 0 aliphatic carbocycles. The highest BCUT2D eigenvalue weighted by molar-refractivity contribution is 6.07. The topological polar surface area (TPSA) is 48.8 Å². The zero-order valence-electron chi connectivity index (χ0n) is 16.1. The van der Waals surface area contributed by atoms with Gasteiger partial charge in [0.1, 0.15) is 0 Å². The molecular formula is C21H28N4O2. The van der Waals surface area contributed by atoms with Crippen LogP contribution in [0.4, 0.5) is 0 Å². The van der Waals surface area contributed by atoms with Gasteiger partial charge >= 0.3 is 0 Å². The van der Waals surface area contributed by atoms with Gasteiger partial charge in [-0.05, 0) is 25.3 Å². The van der Waals surface area contributed by atoms with E-state index in [-0.39, 0.29) is 11.8 Å². The van der Waals surface area contributed by atoms with Crippen LogP contribution < -0.4 is 0 Å². The number of piperazine rings is 1. The zero-order chi connectivity index (χ0) is 18.8. The lowest BCUT2D eigenvalue weighted by Crippen LogP contribution is -2.52. The van der Waals surface area contributed by atoms with Gasteiger partial charge in [-0.15, -0.1) is 0 Å². The fourth-order valence-electron chi connectivity index (χ4n) is 4.23. The van der Waals surface area contributed by atoms with Crippen LogP contribution in [0.25, 0.3) is 10.9 Å². The number of likely N-dealkylation sites (tertiary alicyclic amines) is 1. The molecule has 0 N–H and O–H groups in total. The largest absolute Gasteiger partial charge is 0.350 e. The quantitative estimate of drug-likeness (QED) is 0.832. The summed E-state index contributed by atoms with van der Waals surface area (Å²) in [6.45, 7) is 5.16. The molecule has 0 unspecified atom stereocenters. The summed E-state index contributed by atoms with van der Waals surface area (Å²) in [5.74, 6) is 0.331. The van der Waals surface area contributed by atoms with Crippen LogP contribution in [0.15, 0.2) is 30.5 Å². The standard InChI is InChI=1S/C21H28N4O2/c1-22-15-18(17-7-3-4-8-19(17)22)21(27)25-13-11-23(12-14-25)16-20(26)24-9-5-2-6-10-24/h3-4,7-8,15H,2,5-6,9-14,16H2,1H3. The second-order valence-electron chi connectivity index (χ2n) is 7.68. The minimum absolute atomic E-state index is 0.0915. The lowest BCUT2D eigenvalue weighted by atomic mass is 10.1. The Morgan fingerprint density at radius 2 is 1.59 bits per heavy atom. The summed E-state index contributed by atoms with van der Waals surface area (Å²) in [5.41, 5.74) is 1.84. The first-order valence-electron chi connectivity index (χ1n) is 9.97. The van der Waals surface area contributed by atoms with Gasteiger partial charge in [0.05, 0.1) is 12.1 Å². The number of benzene rings is 1. The number of amides is 2. The summed E-state index contributed by atoms with van der Waals surface area (Å²) in [5, 5.41) is 1.01. The summed E-state index contributed by atoms with van der Waals surface area (Å²) in [6.07, 6.45) is 5.41. The van der Waals surface area contributed by atoms with E-state index in [4.69, 9.17) is 0 Å². The first-order valence-corrected chi connectivity index (χ1v) is 9.97. The number of piperidine rings is 1. The van der Waals surface area contributed by atoms with Crippen molar-refractivity contribution >= 4 is 22.7 Å². The molecule has 4 rings (SSSR count). The molecule has 6 heteroatoms. The van der Waals surface area contributed by atoms with E-state index in [1.807, 2.05) is 51.9 Å². The van der Waals surface area contributed by atoms with E-state index in [2.05, 4.69) is 4.90 Å². The Labute approximate surface area is 160 Å². The van der Waals surface area contributed by atoms with Gasteiger partial charge in [-0.1, -0.05) is 18.2 Å². The molecule has 144 valence electrons. The average molecular weight is 368 g/mol. The van der Waals surface area contributed by atoms with E-state index in [0.717, 1.165) is 55.5 Å². The molecule has 2 amide bonds. The molecular weight excluding hydrogens is 340 g/mol. The van der Waals surface area contributed by atoms with Crippen molar-refractivity contribution in [1.29, 1.82) is 0 Å². The van der Waals surface area contributed by atoms with Gasteiger partial charge in [0.25, 0.3) is 5.91 Å². The van der Waals surface area contributed by atoms with Crippen LogP contribution in [0.1, 0.15) is 29.6 Å². The maximum Gasteiger partial charge on any atom is 0.256 e. The molecule has 1 aromatic heterocycles. The second-order valence-corrected chi connectivity index (χ2v) is 7.68. The van der Waals surface area contributed by atoms with Crippen molar-refractivity contribution in [3.8, 4) is 0 Å².